The molecule has 2 aromatic carbocycles. The number of ether oxygens (including phenoxy) is 1. The van der Waals surface area contributed by atoms with Crippen molar-refractivity contribution < 1.29 is 13.9 Å². The van der Waals surface area contributed by atoms with Crippen molar-refractivity contribution >= 4 is 27.8 Å². The number of hydrogen-bond acceptors (Lipinski definition) is 3. The molecule has 0 aliphatic carbocycles. The number of fused-ring (bicyclic) bond motifs is 2. The SMILES string of the molecule is CCOc1ccc2oc(C(=O)N3CCC(c4c[nH]c5ccccc45)CC3)c(C)c2c1. The van der Waals surface area contributed by atoms with E-state index in [1.807, 2.05) is 36.9 Å². The van der Waals surface area contributed by atoms with Crippen LogP contribution in [0, 0.1) is 6.92 Å². The Kier molecular flexibility index (Phi) is 4.74. The molecule has 154 valence electrons. The summed E-state index contributed by atoms with van der Waals surface area (Å²) in [5, 5.41) is 2.23. The quantitative estimate of drug-likeness (QED) is 0.480. The molecule has 3 heterocycles. The maximum absolute atomic E-state index is 13.2. The van der Waals surface area contributed by atoms with E-state index in [1.54, 1.807) is 0 Å². The number of carbonyl (C=O) groups is 1. The molecular formula is C25H26N2O3. The molecule has 1 amide bonds. The maximum atomic E-state index is 13.2. The molecule has 0 spiro atoms. The van der Waals surface area contributed by atoms with E-state index in [4.69, 9.17) is 9.15 Å². The summed E-state index contributed by atoms with van der Waals surface area (Å²) in [6.45, 7) is 6.00. The Morgan fingerprint density at radius 3 is 2.77 bits per heavy atom. The van der Waals surface area contributed by atoms with E-state index in [9.17, 15) is 4.79 Å². The van der Waals surface area contributed by atoms with E-state index in [-0.39, 0.29) is 5.91 Å². The fourth-order valence-electron chi connectivity index (χ4n) is 4.63. The Labute approximate surface area is 175 Å². The molecule has 30 heavy (non-hydrogen) atoms. The van der Waals surface area contributed by atoms with Gasteiger partial charge in [-0.3, -0.25) is 4.79 Å². The van der Waals surface area contributed by atoms with Crippen LogP contribution in [-0.4, -0.2) is 35.5 Å². The molecule has 5 heteroatoms. The normalized spacial score (nSPS) is 15.2. The van der Waals surface area contributed by atoms with Gasteiger partial charge in [-0.05, 0) is 62.4 Å². The molecule has 5 rings (SSSR count). The van der Waals surface area contributed by atoms with Crippen molar-refractivity contribution in [1.29, 1.82) is 0 Å². The lowest BCUT2D eigenvalue weighted by molar-refractivity contribution is 0.0682. The highest BCUT2D eigenvalue weighted by Gasteiger charge is 2.29. The van der Waals surface area contributed by atoms with Crippen LogP contribution in [0.15, 0.2) is 53.1 Å². The summed E-state index contributed by atoms with van der Waals surface area (Å²) in [6.07, 6.45) is 4.05. The second kappa shape index (κ2) is 7.56. The maximum Gasteiger partial charge on any atom is 0.289 e. The fraction of sp³-hybridized carbons (Fsp3) is 0.320. The first-order valence-electron chi connectivity index (χ1n) is 10.7. The summed E-state index contributed by atoms with van der Waals surface area (Å²) < 4.78 is 11.5. The average Bonchev–Trinajstić information content (AvgIpc) is 3.35. The van der Waals surface area contributed by atoms with Crippen molar-refractivity contribution in [3.8, 4) is 5.75 Å². The average molecular weight is 402 g/mol. The van der Waals surface area contributed by atoms with E-state index in [0.29, 0.717) is 18.3 Å². The van der Waals surface area contributed by atoms with Crippen LogP contribution in [0.2, 0.25) is 0 Å². The minimum Gasteiger partial charge on any atom is -0.494 e. The standard InChI is InChI=1S/C25H26N2O3/c1-3-29-18-8-9-23-20(14-18)16(2)24(30-23)25(28)27-12-10-17(11-13-27)21-15-26-22-7-5-4-6-19(21)22/h4-9,14-15,17,26H,3,10-13H2,1-2H3. The van der Waals surface area contributed by atoms with Gasteiger partial charge in [0.1, 0.15) is 11.3 Å². The monoisotopic (exact) mass is 402 g/mol. The van der Waals surface area contributed by atoms with Crippen molar-refractivity contribution in [1.82, 2.24) is 9.88 Å². The van der Waals surface area contributed by atoms with Crippen LogP contribution in [0.25, 0.3) is 21.9 Å². The first-order chi connectivity index (χ1) is 14.7. The zero-order valence-electron chi connectivity index (χ0n) is 17.4. The highest BCUT2D eigenvalue weighted by molar-refractivity contribution is 5.99. The Morgan fingerprint density at radius 1 is 1.17 bits per heavy atom. The summed E-state index contributed by atoms with van der Waals surface area (Å²) in [7, 11) is 0. The molecule has 0 saturated carbocycles. The van der Waals surface area contributed by atoms with Crippen molar-refractivity contribution in [2.45, 2.75) is 32.6 Å². The summed E-state index contributed by atoms with van der Waals surface area (Å²) >= 11 is 0. The molecule has 1 aliphatic rings. The lowest BCUT2D eigenvalue weighted by atomic mass is 9.89. The number of nitrogens with zero attached hydrogens (tertiary/aromatic N) is 1. The smallest absolute Gasteiger partial charge is 0.289 e. The molecule has 1 fully saturated rings. The number of aromatic amines is 1. The first kappa shape index (κ1) is 18.8. The van der Waals surface area contributed by atoms with Crippen molar-refractivity contribution in [2.24, 2.45) is 0 Å². The molecule has 1 aliphatic heterocycles. The van der Waals surface area contributed by atoms with Crippen LogP contribution < -0.4 is 4.74 Å². The van der Waals surface area contributed by atoms with E-state index >= 15 is 0 Å². The van der Waals surface area contributed by atoms with Gasteiger partial charge in [-0.1, -0.05) is 18.2 Å². The van der Waals surface area contributed by atoms with E-state index < -0.39 is 0 Å². The third-order valence-corrected chi connectivity index (χ3v) is 6.26. The summed E-state index contributed by atoms with van der Waals surface area (Å²) in [5.74, 6) is 1.70. The second-order valence-electron chi connectivity index (χ2n) is 8.00. The number of hydrogen-bond donors (Lipinski definition) is 1. The van der Waals surface area contributed by atoms with Gasteiger partial charge in [0.2, 0.25) is 0 Å². The predicted molar refractivity (Wildman–Crippen MR) is 118 cm³/mol. The van der Waals surface area contributed by atoms with Crippen LogP contribution in [-0.2, 0) is 0 Å². The molecule has 0 bridgehead atoms. The number of nitrogens with one attached hydrogen (secondary N) is 1. The zero-order valence-corrected chi connectivity index (χ0v) is 17.4. The second-order valence-corrected chi connectivity index (χ2v) is 8.00. The predicted octanol–water partition coefficient (Wildman–Crippen LogP) is 5.64. The number of aromatic nitrogens is 1. The Hall–Kier alpha value is -3.21. The lowest BCUT2D eigenvalue weighted by Crippen LogP contribution is -2.38. The van der Waals surface area contributed by atoms with Gasteiger partial charge >= 0.3 is 0 Å². The molecule has 4 aromatic rings. The highest BCUT2D eigenvalue weighted by Crippen LogP contribution is 2.35. The third kappa shape index (κ3) is 3.15. The van der Waals surface area contributed by atoms with E-state index in [1.165, 1.54) is 16.5 Å². The van der Waals surface area contributed by atoms with Crippen LogP contribution >= 0.6 is 0 Å². The molecule has 0 unspecified atom stereocenters. The van der Waals surface area contributed by atoms with Gasteiger partial charge in [-0.15, -0.1) is 0 Å². The summed E-state index contributed by atoms with van der Waals surface area (Å²) in [4.78, 5) is 18.5. The van der Waals surface area contributed by atoms with E-state index in [0.717, 1.165) is 48.2 Å². The fourth-order valence-corrected chi connectivity index (χ4v) is 4.63. The number of benzene rings is 2. The number of furan rings is 1. The lowest BCUT2D eigenvalue weighted by Gasteiger charge is -2.31. The van der Waals surface area contributed by atoms with Gasteiger partial charge in [0, 0.05) is 41.1 Å². The molecule has 5 nitrogen and oxygen atoms in total. The molecule has 2 aromatic heterocycles. The molecular weight excluding hydrogens is 376 g/mol. The number of piperidine rings is 1. The van der Waals surface area contributed by atoms with Gasteiger partial charge in [0.05, 0.1) is 6.61 Å². The Balaban J connectivity index is 1.34. The largest absolute Gasteiger partial charge is 0.494 e. The topological polar surface area (TPSA) is 58.5 Å². The number of H-pyrrole nitrogens is 1. The third-order valence-electron chi connectivity index (χ3n) is 6.26. The van der Waals surface area contributed by atoms with Crippen LogP contribution in [0.3, 0.4) is 0 Å². The summed E-state index contributed by atoms with van der Waals surface area (Å²) in [6, 6.07) is 14.1. The minimum absolute atomic E-state index is 0.0148. The zero-order chi connectivity index (χ0) is 20.7. The number of carbonyl (C=O) groups excluding carboxylic acids is 1. The number of aryl methyl sites for hydroxylation is 1. The summed E-state index contributed by atoms with van der Waals surface area (Å²) in [5.41, 5.74) is 4.15. The van der Waals surface area contributed by atoms with Gasteiger partial charge < -0.3 is 19.0 Å². The minimum atomic E-state index is -0.0148. The number of para-hydroxylation sites is 1. The number of likely N-dealkylation sites (tertiary alicyclic amines) is 1. The highest BCUT2D eigenvalue weighted by atomic mass is 16.5. The molecule has 0 radical (unpaired) electrons. The van der Waals surface area contributed by atoms with Gasteiger partial charge in [-0.25, -0.2) is 0 Å². The Morgan fingerprint density at radius 2 is 1.97 bits per heavy atom. The van der Waals surface area contributed by atoms with Crippen LogP contribution in [0.5, 0.6) is 5.75 Å². The van der Waals surface area contributed by atoms with Gasteiger partial charge in [-0.2, -0.15) is 0 Å². The van der Waals surface area contributed by atoms with Gasteiger partial charge in [0.25, 0.3) is 5.91 Å². The number of rotatable bonds is 4. The van der Waals surface area contributed by atoms with Crippen molar-refractivity contribution in [2.75, 3.05) is 19.7 Å². The van der Waals surface area contributed by atoms with E-state index in [2.05, 4.69) is 35.4 Å². The Bertz CT molecular complexity index is 1210. The van der Waals surface area contributed by atoms with Gasteiger partial charge in [0.15, 0.2) is 5.76 Å². The van der Waals surface area contributed by atoms with Crippen molar-refractivity contribution in [3.05, 3.63) is 65.5 Å². The molecule has 1 saturated heterocycles. The first-order valence-corrected chi connectivity index (χ1v) is 10.7. The van der Waals surface area contributed by atoms with Crippen molar-refractivity contribution in [3.63, 3.8) is 0 Å². The molecule has 0 atom stereocenters. The molecule has 1 N–H and O–H groups in total. The van der Waals surface area contributed by atoms with Crippen LogP contribution in [0.1, 0.15) is 47.4 Å². The van der Waals surface area contributed by atoms with Crippen LogP contribution in [0.4, 0.5) is 0 Å². The number of amides is 1.